The summed E-state index contributed by atoms with van der Waals surface area (Å²) in [6, 6.07) is 13.0. The highest BCUT2D eigenvalue weighted by Crippen LogP contribution is 2.35. The third-order valence-corrected chi connectivity index (χ3v) is 3.94. The Morgan fingerprint density at radius 3 is 2.31 bits per heavy atom. The van der Waals surface area contributed by atoms with E-state index in [1.54, 1.807) is 12.1 Å². The van der Waals surface area contributed by atoms with Crippen LogP contribution in [0.2, 0.25) is 0 Å². The van der Waals surface area contributed by atoms with Crippen LogP contribution in [0.4, 0.5) is 13.2 Å². The molecular formula is C21H17F3O2. The average molecular weight is 358 g/mol. The molecule has 3 aromatic carbocycles. The van der Waals surface area contributed by atoms with Crippen LogP contribution in [0.25, 0.3) is 16.8 Å². The molecule has 26 heavy (non-hydrogen) atoms. The predicted octanol–water partition coefficient (Wildman–Crippen LogP) is 6.15. The first kappa shape index (κ1) is 17.9. The Hall–Kier alpha value is -2.95. The predicted molar refractivity (Wildman–Crippen MR) is 96.1 cm³/mol. The van der Waals surface area contributed by atoms with E-state index in [9.17, 15) is 13.2 Å². The summed E-state index contributed by atoms with van der Waals surface area (Å²) in [5, 5.41) is 1.22. The summed E-state index contributed by atoms with van der Waals surface area (Å²) in [4.78, 5) is 0. The van der Waals surface area contributed by atoms with Crippen molar-refractivity contribution < 1.29 is 22.6 Å². The van der Waals surface area contributed by atoms with E-state index in [-0.39, 0.29) is 5.56 Å². The molecule has 3 aromatic rings. The van der Waals surface area contributed by atoms with Crippen LogP contribution in [-0.2, 0) is 6.11 Å². The molecule has 0 bridgehead atoms. The molecule has 0 aromatic heterocycles. The van der Waals surface area contributed by atoms with Gasteiger partial charge in [-0.2, -0.15) is 8.78 Å². The van der Waals surface area contributed by atoms with Crippen molar-refractivity contribution in [1.82, 2.24) is 0 Å². The Kier molecular flexibility index (Phi) is 4.89. The minimum absolute atomic E-state index is 0.388. The zero-order chi connectivity index (χ0) is 18.7. The maximum absolute atomic E-state index is 14.4. The van der Waals surface area contributed by atoms with Crippen LogP contribution < -0.4 is 9.47 Å². The van der Waals surface area contributed by atoms with Gasteiger partial charge in [0, 0.05) is 0 Å². The standard InChI is InChI=1S/C21H17F3O2/c1-3-4-14-5-6-15-13-20(19(22)12-16(15)11-14)26-21(23,24)17-7-9-18(25-2)10-8-17/h3-13H,1-2H3/b4-3+. The fraction of sp³-hybridized carbons (Fsp3) is 0.143. The van der Waals surface area contributed by atoms with E-state index in [1.807, 2.05) is 25.1 Å². The molecule has 0 atom stereocenters. The number of hydrogen-bond donors (Lipinski definition) is 0. The molecule has 2 nitrogen and oxygen atoms in total. The third-order valence-electron chi connectivity index (χ3n) is 3.94. The fourth-order valence-corrected chi connectivity index (χ4v) is 2.62. The topological polar surface area (TPSA) is 18.5 Å². The monoisotopic (exact) mass is 358 g/mol. The zero-order valence-corrected chi connectivity index (χ0v) is 14.3. The zero-order valence-electron chi connectivity index (χ0n) is 14.3. The van der Waals surface area contributed by atoms with Crippen LogP contribution in [0, 0.1) is 5.82 Å². The smallest absolute Gasteiger partial charge is 0.426 e. The van der Waals surface area contributed by atoms with E-state index in [1.165, 1.54) is 43.5 Å². The molecule has 0 N–H and O–H groups in total. The van der Waals surface area contributed by atoms with Crippen molar-refractivity contribution in [2.24, 2.45) is 0 Å². The van der Waals surface area contributed by atoms with Gasteiger partial charge in [0.15, 0.2) is 11.6 Å². The van der Waals surface area contributed by atoms with Gasteiger partial charge in [0.1, 0.15) is 5.75 Å². The lowest BCUT2D eigenvalue weighted by molar-refractivity contribution is -0.186. The second-order valence-corrected chi connectivity index (χ2v) is 5.74. The van der Waals surface area contributed by atoms with Crippen molar-refractivity contribution in [2.45, 2.75) is 13.0 Å². The molecule has 0 fully saturated rings. The van der Waals surface area contributed by atoms with E-state index < -0.39 is 17.7 Å². The van der Waals surface area contributed by atoms with Crippen molar-refractivity contribution in [3.63, 3.8) is 0 Å². The number of ether oxygens (including phenoxy) is 2. The van der Waals surface area contributed by atoms with Crippen molar-refractivity contribution in [1.29, 1.82) is 0 Å². The first-order chi connectivity index (χ1) is 12.4. The van der Waals surface area contributed by atoms with Crippen LogP contribution in [0.1, 0.15) is 18.1 Å². The van der Waals surface area contributed by atoms with E-state index in [4.69, 9.17) is 9.47 Å². The van der Waals surface area contributed by atoms with Gasteiger partial charge >= 0.3 is 6.11 Å². The summed E-state index contributed by atoms with van der Waals surface area (Å²) in [7, 11) is 1.44. The van der Waals surface area contributed by atoms with E-state index in [0.717, 1.165) is 5.56 Å². The molecule has 0 amide bonds. The number of benzene rings is 3. The number of allylic oxidation sites excluding steroid dienone is 1. The Labute approximate surface area is 149 Å². The van der Waals surface area contributed by atoms with Crippen molar-refractivity contribution in [3.05, 3.63) is 77.6 Å². The van der Waals surface area contributed by atoms with Crippen LogP contribution in [0.15, 0.2) is 60.7 Å². The highest BCUT2D eigenvalue weighted by Gasteiger charge is 2.35. The summed E-state index contributed by atoms with van der Waals surface area (Å²) in [5.41, 5.74) is 0.512. The van der Waals surface area contributed by atoms with Crippen molar-refractivity contribution in [2.75, 3.05) is 7.11 Å². The quantitative estimate of drug-likeness (QED) is 0.545. The Morgan fingerprint density at radius 2 is 1.65 bits per heavy atom. The molecule has 0 aliphatic rings. The average Bonchev–Trinajstić information content (AvgIpc) is 2.62. The molecule has 0 aliphatic heterocycles. The first-order valence-electron chi connectivity index (χ1n) is 8.00. The van der Waals surface area contributed by atoms with E-state index in [2.05, 4.69) is 0 Å². The third kappa shape index (κ3) is 3.67. The highest BCUT2D eigenvalue weighted by atomic mass is 19.3. The molecule has 0 unspecified atom stereocenters. The molecule has 134 valence electrons. The molecule has 0 saturated heterocycles. The summed E-state index contributed by atoms with van der Waals surface area (Å²) < 4.78 is 52.7. The molecule has 0 saturated carbocycles. The summed E-state index contributed by atoms with van der Waals surface area (Å²) in [6.45, 7) is 1.88. The lowest BCUT2D eigenvalue weighted by atomic mass is 10.1. The van der Waals surface area contributed by atoms with Gasteiger partial charge in [-0.3, -0.25) is 0 Å². The van der Waals surface area contributed by atoms with Gasteiger partial charge < -0.3 is 9.47 Å². The number of halogens is 3. The van der Waals surface area contributed by atoms with Gasteiger partial charge in [-0.25, -0.2) is 4.39 Å². The Balaban J connectivity index is 1.93. The van der Waals surface area contributed by atoms with Gasteiger partial charge in [-0.1, -0.05) is 24.3 Å². The molecule has 0 radical (unpaired) electrons. The maximum atomic E-state index is 14.4. The number of methoxy groups -OCH3 is 1. The molecule has 0 heterocycles. The second-order valence-electron chi connectivity index (χ2n) is 5.74. The first-order valence-corrected chi connectivity index (χ1v) is 8.00. The Morgan fingerprint density at radius 1 is 0.923 bits per heavy atom. The summed E-state index contributed by atoms with van der Waals surface area (Å²) in [5.74, 6) is -0.904. The normalized spacial score (nSPS) is 11.9. The van der Waals surface area contributed by atoms with Gasteiger partial charge in [-0.05, 0) is 65.7 Å². The van der Waals surface area contributed by atoms with Crippen molar-refractivity contribution >= 4 is 16.8 Å². The number of rotatable bonds is 5. The van der Waals surface area contributed by atoms with Gasteiger partial charge in [0.2, 0.25) is 0 Å². The van der Waals surface area contributed by atoms with Gasteiger partial charge in [0.05, 0.1) is 12.7 Å². The second kappa shape index (κ2) is 7.12. The van der Waals surface area contributed by atoms with Crippen molar-refractivity contribution in [3.8, 4) is 11.5 Å². The van der Waals surface area contributed by atoms with E-state index >= 15 is 0 Å². The molecule has 0 aliphatic carbocycles. The highest BCUT2D eigenvalue weighted by molar-refractivity contribution is 5.86. The number of hydrogen-bond acceptors (Lipinski definition) is 2. The fourth-order valence-electron chi connectivity index (χ4n) is 2.62. The van der Waals surface area contributed by atoms with Gasteiger partial charge in [0.25, 0.3) is 0 Å². The van der Waals surface area contributed by atoms with Crippen LogP contribution in [-0.4, -0.2) is 7.11 Å². The van der Waals surface area contributed by atoms with Crippen LogP contribution in [0.3, 0.4) is 0 Å². The lowest BCUT2D eigenvalue weighted by Gasteiger charge is -2.19. The summed E-state index contributed by atoms with van der Waals surface area (Å²) >= 11 is 0. The number of alkyl halides is 2. The van der Waals surface area contributed by atoms with E-state index in [0.29, 0.717) is 16.5 Å². The molecule has 5 heteroatoms. The largest absolute Gasteiger partial charge is 0.497 e. The molecular weight excluding hydrogens is 341 g/mol. The molecule has 3 rings (SSSR count). The minimum atomic E-state index is -3.67. The van der Waals surface area contributed by atoms with Crippen LogP contribution in [0.5, 0.6) is 11.5 Å². The minimum Gasteiger partial charge on any atom is -0.497 e. The number of fused-ring (bicyclic) bond motifs is 1. The SMILES string of the molecule is C/C=C/c1ccc2cc(OC(F)(F)c3ccc(OC)cc3)c(F)cc2c1. The maximum Gasteiger partial charge on any atom is 0.426 e. The van der Waals surface area contributed by atoms with Crippen LogP contribution >= 0.6 is 0 Å². The molecule has 0 spiro atoms. The lowest BCUT2D eigenvalue weighted by Crippen LogP contribution is -2.22. The summed E-state index contributed by atoms with van der Waals surface area (Å²) in [6.07, 6.45) is 0.0652. The van der Waals surface area contributed by atoms with Gasteiger partial charge in [-0.15, -0.1) is 0 Å². The Bertz CT molecular complexity index is 947.